The van der Waals surface area contributed by atoms with Crippen LogP contribution < -0.4 is 15.0 Å². The number of amides is 2. The first-order chi connectivity index (χ1) is 14.0. The van der Waals surface area contributed by atoms with Gasteiger partial charge in [-0.15, -0.1) is 0 Å². The molecule has 29 heavy (non-hydrogen) atoms. The average molecular weight is 400 g/mol. The van der Waals surface area contributed by atoms with Gasteiger partial charge in [0.15, 0.2) is 6.54 Å². The summed E-state index contributed by atoms with van der Waals surface area (Å²) >= 11 is 0. The number of halogens is 1. The van der Waals surface area contributed by atoms with Gasteiger partial charge in [0.1, 0.15) is 11.6 Å². The molecule has 0 unspecified atom stereocenters. The highest BCUT2D eigenvalue weighted by Crippen LogP contribution is 2.14. The first-order valence-electron chi connectivity index (χ1n) is 9.96. The zero-order chi connectivity index (χ0) is 20.6. The standard InChI is InChI=1S/C22H26FN3O3/c1-2-14-29-20-8-6-17(7-9-20)22(28)26-12-10-25(11-13-26)16-21(27)24-19-5-3-4-18(23)15-19/h3-9,15H,2,10-14,16H2,1H3,(H,24,27)/p+1. The molecule has 2 aromatic rings. The van der Waals surface area contributed by atoms with Crippen LogP contribution in [-0.4, -0.2) is 56.0 Å². The van der Waals surface area contributed by atoms with Crippen molar-refractivity contribution in [1.29, 1.82) is 0 Å². The molecule has 0 saturated carbocycles. The van der Waals surface area contributed by atoms with Gasteiger partial charge in [-0.3, -0.25) is 9.59 Å². The number of nitrogens with one attached hydrogen (secondary N) is 2. The van der Waals surface area contributed by atoms with Crippen LogP contribution in [0.1, 0.15) is 23.7 Å². The molecule has 0 bridgehead atoms. The zero-order valence-electron chi connectivity index (χ0n) is 16.6. The largest absolute Gasteiger partial charge is 0.494 e. The highest BCUT2D eigenvalue weighted by Gasteiger charge is 2.26. The first-order valence-corrected chi connectivity index (χ1v) is 9.96. The number of carbonyl (C=O) groups is 2. The van der Waals surface area contributed by atoms with E-state index in [9.17, 15) is 14.0 Å². The summed E-state index contributed by atoms with van der Waals surface area (Å²) in [7, 11) is 0. The number of ether oxygens (including phenoxy) is 1. The molecular formula is C22H27FN3O3+. The second kappa shape index (κ2) is 10.0. The van der Waals surface area contributed by atoms with Crippen molar-refractivity contribution in [3.63, 3.8) is 0 Å². The van der Waals surface area contributed by atoms with Gasteiger partial charge in [0.2, 0.25) is 0 Å². The highest BCUT2D eigenvalue weighted by atomic mass is 19.1. The number of rotatable bonds is 7. The first kappa shape index (κ1) is 20.8. The van der Waals surface area contributed by atoms with Crippen LogP contribution in [-0.2, 0) is 4.79 Å². The lowest BCUT2D eigenvalue weighted by atomic mass is 10.1. The Bertz CT molecular complexity index is 833. The smallest absolute Gasteiger partial charge is 0.279 e. The fourth-order valence-corrected chi connectivity index (χ4v) is 3.30. The summed E-state index contributed by atoms with van der Waals surface area (Å²) in [6.07, 6.45) is 0.938. The summed E-state index contributed by atoms with van der Waals surface area (Å²) in [6, 6.07) is 13.1. The topological polar surface area (TPSA) is 63.1 Å². The number of carbonyl (C=O) groups excluding carboxylic acids is 2. The Morgan fingerprint density at radius 3 is 2.52 bits per heavy atom. The summed E-state index contributed by atoms with van der Waals surface area (Å²) in [5.41, 5.74) is 1.09. The Balaban J connectivity index is 1.45. The summed E-state index contributed by atoms with van der Waals surface area (Å²) in [4.78, 5) is 27.8. The number of nitrogens with zero attached hydrogens (tertiary/aromatic N) is 1. The molecule has 1 fully saturated rings. The van der Waals surface area contributed by atoms with Crippen molar-refractivity contribution in [1.82, 2.24) is 4.90 Å². The second-order valence-corrected chi connectivity index (χ2v) is 7.15. The minimum atomic E-state index is -0.382. The maximum absolute atomic E-state index is 13.2. The van der Waals surface area contributed by atoms with E-state index in [0.717, 1.165) is 17.1 Å². The molecule has 0 aromatic heterocycles. The molecule has 2 aromatic carbocycles. The summed E-state index contributed by atoms with van der Waals surface area (Å²) in [5.74, 6) is 0.220. The van der Waals surface area contributed by atoms with Gasteiger partial charge >= 0.3 is 0 Å². The number of benzene rings is 2. The maximum Gasteiger partial charge on any atom is 0.279 e. The van der Waals surface area contributed by atoms with Gasteiger partial charge in [0, 0.05) is 11.3 Å². The van der Waals surface area contributed by atoms with Crippen LogP contribution in [0, 0.1) is 5.82 Å². The third-order valence-corrected chi connectivity index (χ3v) is 4.85. The van der Waals surface area contributed by atoms with Crippen molar-refractivity contribution in [2.75, 3.05) is 44.6 Å². The minimum absolute atomic E-state index is 0.00435. The molecule has 6 nitrogen and oxygen atoms in total. The normalized spacial score (nSPS) is 14.5. The van der Waals surface area contributed by atoms with Gasteiger partial charge < -0.3 is 19.9 Å². The van der Waals surface area contributed by atoms with E-state index < -0.39 is 0 Å². The van der Waals surface area contributed by atoms with Crippen LogP contribution in [0.5, 0.6) is 5.75 Å². The van der Waals surface area contributed by atoms with E-state index in [1.54, 1.807) is 24.3 Å². The fraction of sp³-hybridized carbons (Fsp3) is 0.364. The molecular weight excluding hydrogens is 373 g/mol. The van der Waals surface area contributed by atoms with Crippen molar-refractivity contribution in [3.05, 3.63) is 59.9 Å². The molecule has 1 aliphatic rings. The number of quaternary nitrogens is 1. The van der Waals surface area contributed by atoms with E-state index in [4.69, 9.17) is 4.74 Å². The maximum atomic E-state index is 13.2. The monoisotopic (exact) mass is 400 g/mol. The third kappa shape index (κ3) is 6.02. The van der Waals surface area contributed by atoms with E-state index >= 15 is 0 Å². The van der Waals surface area contributed by atoms with Gasteiger partial charge in [0.25, 0.3) is 11.8 Å². The fourth-order valence-electron chi connectivity index (χ4n) is 3.30. The SMILES string of the molecule is CCCOc1ccc(C(=O)N2CC[NH+](CC(=O)Nc3cccc(F)c3)CC2)cc1. The van der Waals surface area contributed by atoms with Crippen molar-refractivity contribution < 1.29 is 23.6 Å². The number of hydrogen-bond acceptors (Lipinski definition) is 3. The number of piperazine rings is 1. The molecule has 154 valence electrons. The minimum Gasteiger partial charge on any atom is -0.494 e. The molecule has 0 aliphatic carbocycles. The van der Waals surface area contributed by atoms with Crippen LogP contribution in [0.3, 0.4) is 0 Å². The average Bonchev–Trinajstić information content (AvgIpc) is 2.72. The van der Waals surface area contributed by atoms with Crippen LogP contribution in [0.25, 0.3) is 0 Å². The van der Waals surface area contributed by atoms with Crippen molar-refractivity contribution in [3.8, 4) is 5.75 Å². The van der Waals surface area contributed by atoms with Crippen LogP contribution in [0.2, 0.25) is 0 Å². The van der Waals surface area contributed by atoms with E-state index in [-0.39, 0.29) is 17.6 Å². The van der Waals surface area contributed by atoms with Gasteiger partial charge in [-0.05, 0) is 48.9 Å². The van der Waals surface area contributed by atoms with Crippen LogP contribution in [0.15, 0.2) is 48.5 Å². The Morgan fingerprint density at radius 1 is 1.14 bits per heavy atom. The molecule has 2 amide bonds. The third-order valence-electron chi connectivity index (χ3n) is 4.85. The zero-order valence-corrected chi connectivity index (χ0v) is 16.6. The van der Waals surface area contributed by atoms with Crippen LogP contribution >= 0.6 is 0 Å². The van der Waals surface area contributed by atoms with Crippen molar-refractivity contribution >= 4 is 17.5 Å². The molecule has 1 heterocycles. The summed E-state index contributed by atoms with van der Waals surface area (Å²) in [6.45, 7) is 5.57. The van der Waals surface area contributed by atoms with Crippen molar-refractivity contribution in [2.24, 2.45) is 0 Å². The predicted molar refractivity (Wildman–Crippen MR) is 109 cm³/mol. The molecule has 1 saturated heterocycles. The van der Waals surface area contributed by atoms with E-state index in [0.29, 0.717) is 50.6 Å². The van der Waals surface area contributed by atoms with Gasteiger partial charge in [-0.2, -0.15) is 0 Å². The molecule has 0 atom stereocenters. The van der Waals surface area contributed by atoms with Gasteiger partial charge in [-0.25, -0.2) is 4.39 Å². The van der Waals surface area contributed by atoms with E-state index in [2.05, 4.69) is 5.32 Å². The molecule has 0 spiro atoms. The summed E-state index contributed by atoms with van der Waals surface area (Å²) < 4.78 is 18.8. The number of anilines is 1. The number of hydrogen-bond donors (Lipinski definition) is 2. The van der Waals surface area contributed by atoms with Gasteiger partial charge in [0.05, 0.1) is 32.8 Å². The second-order valence-electron chi connectivity index (χ2n) is 7.15. The highest BCUT2D eigenvalue weighted by molar-refractivity contribution is 5.94. The molecule has 1 aliphatic heterocycles. The van der Waals surface area contributed by atoms with Crippen LogP contribution in [0.4, 0.5) is 10.1 Å². The van der Waals surface area contributed by atoms with E-state index in [1.165, 1.54) is 12.1 Å². The van der Waals surface area contributed by atoms with Crippen molar-refractivity contribution in [2.45, 2.75) is 13.3 Å². The molecule has 3 rings (SSSR count). The Kier molecular flexibility index (Phi) is 7.19. The lowest BCUT2D eigenvalue weighted by Crippen LogP contribution is -3.15. The molecule has 0 radical (unpaired) electrons. The van der Waals surface area contributed by atoms with Gasteiger partial charge in [-0.1, -0.05) is 13.0 Å². The lowest BCUT2D eigenvalue weighted by molar-refractivity contribution is -0.895. The Morgan fingerprint density at radius 2 is 1.86 bits per heavy atom. The Labute approximate surface area is 170 Å². The summed E-state index contributed by atoms with van der Waals surface area (Å²) in [5, 5.41) is 2.72. The lowest BCUT2D eigenvalue weighted by Gasteiger charge is -2.32. The predicted octanol–water partition coefficient (Wildman–Crippen LogP) is 1.59. The quantitative estimate of drug-likeness (QED) is 0.742. The Hall–Kier alpha value is -2.93. The molecule has 7 heteroatoms. The molecule has 2 N–H and O–H groups in total. The van der Waals surface area contributed by atoms with E-state index in [1.807, 2.05) is 24.0 Å².